The van der Waals surface area contributed by atoms with Crippen molar-refractivity contribution in [1.82, 2.24) is 14.9 Å². The lowest BCUT2D eigenvalue weighted by Crippen LogP contribution is -2.27. The Hall–Kier alpha value is -4.17. The summed E-state index contributed by atoms with van der Waals surface area (Å²) in [6.45, 7) is 1.82. The van der Waals surface area contributed by atoms with Crippen molar-refractivity contribution >= 4 is 39.2 Å². The molecule has 2 heterocycles. The number of halogens is 4. The number of rotatable bonds is 4. The van der Waals surface area contributed by atoms with Crippen LogP contribution in [0.2, 0.25) is 5.02 Å². The minimum atomic E-state index is -4.50. The summed E-state index contributed by atoms with van der Waals surface area (Å²) in [5, 5.41) is 4.71. The zero-order valence-electron chi connectivity index (χ0n) is 19.4. The van der Waals surface area contributed by atoms with Gasteiger partial charge in [-0.1, -0.05) is 17.7 Å². The molecule has 37 heavy (non-hydrogen) atoms. The van der Waals surface area contributed by atoms with Crippen molar-refractivity contribution in [3.63, 3.8) is 0 Å². The maximum atomic E-state index is 13.5. The van der Waals surface area contributed by atoms with Crippen molar-refractivity contribution in [2.75, 3.05) is 0 Å². The summed E-state index contributed by atoms with van der Waals surface area (Å²) in [5.74, 6) is -0.345. The first kappa shape index (κ1) is 24.5. The second kappa shape index (κ2) is 9.37. The first-order chi connectivity index (χ1) is 17.6. The molecule has 5 nitrogen and oxygen atoms in total. The van der Waals surface area contributed by atoms with E-state index in [0.717, 1.165) is 12.1 Å². The molecule has 1 amide bonds. The second-order valence-electron chi connectivity index (χ2n) is 8.56. The molecule has 0 unspecified atom stereocenters. The predicted molar refractivity (Wildman–Crippen MR) is 137 cm³/mol. The summed E-state index contributed by atoms with van der Waals surface area (Å²) in [5.41, 5.74) is 0.496. The van der Waals surface area contributed by atoms with Gasteiger partial charge in [0, 0.05) is 33.2 Å². The third-order valence-electron chi connectivity index (χ3n) is 6.14. The average molecular weight is 522 g/mol. The van der Waals surface area contributed by atoms with E-state index in [-0.39, 0.29) is 17.6 Å². The summed E-state index contributed by atoms with van der Waals surface area (Å²) in [6, 6.07) is 19.0. The van der Waals surface area contributed by atoms with Gasteiger partial charge in [0.25, 0.3) is 11.5 Å². The quantitative estimate of drug-likeness (QED) is 0.268. The largest absolute Gasteiger partial charge is 0.416 e. The van der Waals surface area contributed by atoms with Crippen LogP contribution in [0, 0.1) is 0 Å². The lowest BCUT2D eigenvalue weighted by atomic mass is 10.0. The van der Waals surface area contributed by atoms with Gasteiger partial charge in [0.05, 0.1) is 22.8 Å². The Morgan fingerprint density at radius 2 is 1.70 bits per heavy atom. The highest BCUT2D eigenvalue weighted by Gasteiger charge is 2.30. The second-order valence-corrected chi connectivity index (χ2v) is 8.99. The Bertz CT molecular complexity index is 1700. The summed E-state index contributed by atoms with van der Waals surface area (Å²) in [6.07, 6.45) is -2.86. The Labute approximate surface area is 214 Å². The van der Waals surface area contributed by atoms with Crippen LogP contribution < -0.4 is 10.9 Å². The van der Waals surface area contributed by atoms with Gasteiger partial charge in [-0.2, -0.15) is 13.2 Å². The van der Waals surface area contributed by atoms with E-state index in [1.165, 1.54) is 16.7 Å². The van der Waals surface area contributed by atoms with E-state index in [1.54, 1.807) is 48.7 Å². The first-order valence-electron chi connectivity index (χ1n) is 11.3. The van der Waals surface area contributed by atoms with Crippen LogP contribution in [0.15, 0.2) is 89.9 Å². The third-order valence-corrected chi connectivity index (χ3v) is 6.37. The van der Waals surface area contributed by atoms with Crippen LogP contribution >= 0.6 is 11.6 Å². The number of alkyl halides is 3. The SMILES string of the molecule is C[C@H](NC(=O)c1ccc2c(c1)c1cc(Cl)ccc1c(=O)n2-c1ccc(C(F)(F)F)cc1)c1ccccn1. The fourth-order valence-corrected chi connectivity index (χ4v) is 4.46. The summed E-state index contributed by atoms with van der Waals surface area (Å²) >= 11 is 6.23. The lowest BCUT2D eigenvalue weighted by molar-refractivity contribution is -0.137. The van der Waals surface area contributed by atoms with Gasteiger partial charge in [-0.25, -0.2) is 0 Å². The number of hydrogen-bond donors (Lipinski definition) is 1. The Morgan fingerprint density at radius 3 is 2.38 bits per heavy atom. The molecule has 0 aliphatic carbocycles. The average Bonchev–Trinajstić information content (AvgIpc) is 2.88. The van der Waals surface area contributed by atoms with E-state index in [4.69, 9.17) is 11.6 Å². The van der Waals surface area contributed by atoms with Crippen molar-refractivity contribution in [2.24, 2.45) is 0 Å². The molecule has 0 bridgehead atoms. The molecule has 0 aliphatic heterocycles. The molecule has 1 atom stereocenters. The minimum absolute atomic E-state index is 0.265. The monoisotopic (exact) mass is 521 g/mol. The molecule has 3 aromatic carbocycles. The Balaban J connectivity index is 1.66. The predicted octanol–water partition coefficient (Wildman–Crippen LogP) is 6.70. The van der Waals surface area contributed by atoms with E-state index < -0.39 is 17.3 Å². The van der Waals surface area contributed by atoms with Crippen LogP contribution in [0.3, 0.4) is 0 Å². The van der Waals surface area contributed by atoms with Crippen molar-refractivity contribution in [2.45, 2.75) is 19.1 Å². The highest BCUT2D eigenvalue weighted by Crippen LogP contribution is 2.31. The van der Waals surface area contributed by atoms with Gasteiger partial charge in [0.1, 0.15) is 0 Å². The number of carbonyl (C=O) groups is 1. The molecule has 5 rings (SSSR count). The zero-order chi connectivity index (χ0) is 26.3. The van der Waals surface area contributed by atoms with Crippen LogP contribution in [-0.2, 0) is 6.18 Å². The van der Waals surface area contributed by atoms with Gasteiger partial charge in [-0.3, -0.25) is 19.1 Å². The van der Waals surface area contributed by atoms with Crippen LogP contribution in [0.1, 0.15) is 34.6 Å². The van der Waals surface area contributed by atoms with Crippen LogP contribution in [0.5, 0.6) is 0 Å². The van der Waals surface area contributed by atoms with E-state index in [9.17, 15) is 22.8 Å². The highest BCUT2D eigenvalue weighted by molar-refractivity contribution is 6.31. The maximum Gasteiger partial charge on any atom is 0.416 e. The molecule has 0 radical (unpaired) electrons. The first-order valence-corrected chi connectivity index (χ1v) is 11.7. The fraction of sp³-hybridized carbons (Fsp3) is 0.107. The van der Waals surface area contributed by atoms with Gasteiger partial charge >= 0.3 is 6.18 Å². The number of carbonyl (C=O) groups excluding carboxylic acids is 1. The molecule has 0 fully saturated rings. The Morgan fingerprint density at radius 1 is 0.946 bits per heavy atom. The van der Waals surface area contributed by atoms with E-state index in [2.05, 4.69) is 10.3 Å². The fourth-order valence-electron chi connectivity index (χ4n) is 4.29. The van der Waals surface area contributed by atoms with E-state index >= 15 is 0 Å². The molecule has 5 aromatic rings. The normalized spacial score (nSPS) is 12.6. The zero-order valence-corrected chi connectivity index (χ0v) is 20.1. The topological polar surface area (TPSA) is 64.0 Å². The van der Waals surface area contributed by atoms with E-state index in [0.29, 0.717) is 38.0 Å². The minimum Gasteiger partial charge on any atom is -0.344 e. The number of aromatic nitrogens is 2. The number of benzene rings is 3. The molecule has 0 saturated heterocycles. The molecule has 0 spiro atoms. The van der Waals surface area contributed by atoms with Crippen LogP contribution in [0.25, 0.3) is 27.4 Å². The van der Waals surface area contributed by atoms with Gasteiger partial charge < -0.3 is 5.32 Å². The Kier molecular flexibility index (Phi) is 6.21. The molecular weight excluding hydrogens is 503 g/mol. The highest BCUT2D eigenvalue weighted by atomic mass is 35.5. The van der Waals surface area contributed by atoms with E-state index in [1.807, 2.05) is 19.1 Å². The molecule has 0 saturated carbocycles. The number of amides is 1. The van der Waals surface area contributed by atoms with Gasteiger partial charge in [-0.05, 0) is 85.1 Å². The molecule has 186 valence electrons. The lowest BCUT2D eigenvalue weighted by Gasteiger charge is -2.16. The summed E-state index contributed by atoms with van der Waals surface area (Å²) in [4.78, 5) is 30.8. The summed E-state index contributed by atoms with van der Waals surface area (Å²) < 4.78 is 40.6. The number of pyridine rings is 2. The number of fused-ring (bicyclic) bond motifs is 3. The molecule has 9 heteroatoms. The van der Waals surface area contributed by atoms with Crippen LogP contribution in [-0.4, -0.2) is 15.5 Å². The van der Waals surface area contributed by atoms with Crippen LogP contribution in [0.4, 0.5) is 13.2 Å². The van der Waals surface area contributed by atoms with Gasteiger partial charge in [0.2, 0.25) is 0 Å². The standard InChI is InChI=1S/C28H19ClF3N3O2/c1-16(24-4-2-3-13-33-24)34-26(36)17-5-12-25-23(14-17)22-15-19(29)8-11-21(22)27(37)35(25)20-9-6-18(7-10-20)28(30,31)32/h2-16H,1H3,(H,34,36)/t16-/m0/s1. The maximum absolute atomic E-state index is 13.5. The molecule has 2 aromatic heterocycles. The van der Waals surface area contributed by atoms with Gasteiger partial charge in [0.15, 0.2) is 0 Å². The van der Waals surface area contributed by atoms with Crippen molar-refractivity contribution in [3.8, 4) is 5.69 Å². The molecule has 0 aliphatic rings. The van der Waals surface area contributed by atoms with Gasteiger partial charge in [-0.15, -0.1) is 0 Å². The van der Waals surface area contributed by atoms with Crippen molar-refractivity contribution in [3.05, 3.63) is 117 Å². The number of hydrogen-bond acceptors (Lipinski definition) is 3. The van der Waals surface area contributed by atoms with Crippen molar-refractivity contribution < 1.29 is 18.0 Å². The van der Waals surface area contributed by atoms with Crippen molar-refractivity contribution in [1.29, 1.82) is 0 Å². The third kappa shape index (κ3) is 4.68. The smallest absolute Gasteiger partial charge is 0.344 e. The number of nitrogens with one attached hydrogen (secondary N) is 1. The number of nitrogens with zero attached hydrogens (tertiary/aromatic N) is 2. The molecule has 1 N–H and O–H groups in total. The summed E-state index contributed by atoms with van der Waals surface area (Å²) in [7, 11) is 0. The molecular formula is C28H19ClF3N3O2.